The van der Waals surface area contributed by atoms with E-state index >= 15 is 0 Å². The molecule has 4 bridgehead atoms. The monoisotopic (exact) mass is 484 g/mol. The molecule has 2 aromatic rings. The fraction of sp³-hybridized carbons (Fsp3) is 0.500. The van der Waals surface area contributed by atoms with Crippen LogP contribution in [-0.2, 0) is 17.9 Å². The summed E-state index contributed by atoms with van der Waals surface area (Å²) in [6.45, 7) is 1.29. The first-order valence-corrected chi connectivity index (χ1v) is 11.9. The van der Waals surface area contributed by atoms with E-state index in [1.807, 2.05) is 0 Å². The van der Waals surface area contributed by atoms with Crippen molar-refractivity contribution in [2.45, 2.75) is 62.7 Å². The fourth-order valence-electron chi connectivity index (χ4n) is 7.34. The minimum absolute atomic E-state index is 0. The Balaban J connectivity index is 0.00000241. The number of halogens is 2. The van der Waals surface area contributed by atoms with Gasteiger partial charge in [0.05, 0.1) is 12.1 Å². The third kappa shape index (κ3) is 4.20. The standard InChI is InChI=1S/C26H29FN4O2.ClH/c27-22-4-3-20-14-31(15-21(20)7-22)23(32)13-29-25-8-17-6-18(9-25)11-26(10-17,16-25)30-24(33)19-2-1-5-28-12-19;/h1-5,7,12,17-18,29H,6,8-11,13-16H2,(H,30,33);1H/t17-,18+,25?,26?;. The Morgan fingerprint density at radius 2 is 1.79 bits per heavy atom. The topological polar surface area (TPSA) is 74.3 Å². The summed E-state index contributed by atoms with van der Waals surface area (Å²) in [7, 11) is 0. The molecule has 0 saturated heterocycles. The molecule has 5 aliphatic rings. The molecule has 1 aromatic heterocycles. The average Bonchev–Trinajstić information content (AvgIpc) is 3.20. The minimum atomic E-state index is -0.256. The summed E-state index contributed by atoms with van der Waals surface area (Å²) in [6, 6.07) is 8.35. The molecule has 7 rings (SSSR count). The Labute approximate surface area is 205 Å². The zero-order valence-electron chi connectivity index (χ0n) is 19.1. The lowest BCUT2D eigenvalue weighted by Crippen LogP contribution is -2.69. The molecule has 2 amide bonds. The molecule has 0 radical (unpaired) electrons. The van der Waals surface area contributed by atoms with E-state index in [1.165, 1.54) is 18.6 Å². The first-order chi connectivity index (χ1) is 15.9. The maximum atomic E-state index is 13.5. The zero-order valence-corrected chi connectivity index (χ0v) is 19.9. The number of aromatic nitrogens is 1. The molecular formula is C26H30ClFN4O2. The van der Waals surface area contributed by atoms with Crippen LogP contribution in [0.5, 0.6) is 0 Å². The largest absolute Gasteiger partial charge is 0.346 e. The van der Waals surface area contributed by atoms with Crippen LogP contribution in [0.25, 0.3) is 0 Å². The number of nitrogens with one attached hydrogen (secondary N) is 2. The number of hydrogen-bond acceptors (Lipinski definition) is 4. The van der Waals surface area contributed by atoms with Crippen molar-refractivity contribution in [3.05, 3.63) is 65.2 Å². The van der Waals surface area contributed by atoms with Gasteiger partial charge in [-0.1, -0.05) is 6.07 Å². The number of carbonyl (C=O) groups is 2. The van der Waals surface area contributed by atoms with Crippen molar-refractivity contribution in [2.75, 3.05) is 6.54 Å². The predicted octanol–water partition coefficient (Wildman–Crippen LogP) is 3.60. The first-order valence-electron chi connectivity index (χ1n) is 11.9. The lowest BCUT2D eigenvalue weighted by molar-refractivity contribution is -0.132. The van der Waals surface area contributed by atoms with Gasteiger partial charge in [-0.3, -0.25) is 14.6 Å². The fourth-order valence-corrected chi connectivity index (χ4v) is 7.34. The van der Waals surface area contributed by atoms with E-state index in [4.69, 9.17) is 0 Å². The van der Waals surface area contributed by atoms with E-state index in [-0.39, 0.29) is 47.7 Å². The van der Waals surface area contributed by atoms with Crippen LogP contribution in [-0.4, -0.2) is 39.3 Å². The van der Waals surface area contributed by atoms with Gasteiger partial charge in [0.2, 0.25) is 5.91 Å². The summed E-state index contributed by atoms with van der Waals surface area (Å²) in [5, 5.41) is 7.03. The summed E-state index contributed by atoms with van der Waals surface area (Å²) < 4.78 is 13.5. The van der Waals surface area contributed by atoms with E-state index in [9.17, 15) is 14.0 Å². The number of nitrogens with zero attached hydrogens (tertiary/aromatic N) is 2. The summed E-state index contributed by atoms with van der Waals surface area (Å²) >= 11 is 0. The van der Waals surface area contributed by atoms with Crippen LogP contribution >= 0.6 is 12.4 Å². The second-order valence-electron chi connectivity index (χ2n) is 10.7. The van der Waals surface area contributed by atoms with E-state index in [0.29, 0.717) is 30.5 Å². The molecule has 2 heterocycles. The first kappa shape index (κ1) is 23.2. The number of rotatable bonds is 5. The molecule has 4 saturated carbocycles. The van der Waals surface area contributed by atoms with Crippen molar-refractivity contribution in [1.29, 1.82) is 0 Å². The molecule has 4 atom stereocenters. The summed E-state index contributed by atoms with van der Waals surface area (Å²) in [6.07, 6.45) is 9.51. The van der Waals surface area contributed by atoms with Crippen LogP contribution in [0.15, 0.2) is 42.7 Å². The molecule has 4 aliphatic carbocycles. The second kappa shape index (κ2) is 8.61. The molecule has 1 aliphatic heterocycles. The van der Waals surface area contributed by atoms with Gasteiger partial charge >= 0.3 is 0 Å². The maximum Gasteiger partial charge on any atom is 0.253 e. The van der Waals surface area contributed by atoms with E-state index < -0.39 is 0 Å². The molecule has 34 heavy (non-hydrogen) atoms. The summed E-state index contributed by atoms with van der Waals surface area (Å²) in [5.41, 5.74) is 2.19. The van der Waals surface area contributed by atoms with Gasteiger partial charge in [0.25, 0.3) is 5.91 Å². The molecule has 6 nitrogen and oxygen atoms in total. The number of amides is 2. The third-order valence-electron chi connectivity index (χ3n) is 8.22. The van der Waals surface area contributed by atoms with Crippen LogP contribution < -0.4 is 10.6 Å². The van der Waals surface area contributed by atoms with Gasteiger partial charge in [-0.05, 0) is 85.8 Å². The molecular weight excluding hydrogens is 455 g/mol. The quantitative estimate of drug-likeness (QED) is 0.680. The van der Waals surface area contributed by atoms with E-state index in [0.717, 1.165) is 43.2 Å². The highest BCUT2D eigenvalue weighted by Crippen LogP contribution is 2.57. The van der Waals surface area contributed by atoms with Crippen molar-refractivity contribution in [2.24, 2.45) is 11.8 Å². The third-order valence-corrected chi connectivity index (χ3v) is 8.22. The molecule has 4 fully saturated rings. The van der Waals surface area contributed by atoms with Crippen LogP contribution in [0, 0.1) is 17.7 Å². The highest BCUT2D eigenvalue weighted by molar-refractivity contribution is 5.94. The molecule has 8 heteroatoms. The van der Waals surface area contributed by atoms with E-state index in [1.54, 1.807) is 35.5 Å². The summed E-state index contributed by atoms with van der Waals surface area (Å²) in [4.78, 5) is 31.9. The van der Waals surface area contributed by atoms with Crippen molar-refractivity contribution < 1.29 is 14.0 Å². The number of fused-ring (bicyclic) bond motifs is 1. The molecule has 2 N–H and O–H groups in total. The van der Waals surface area contributed by atoms with Crippen molar-refractivity contribution in [3.63, 3.8) is 0 Å². The van der Waals surface area contributed by atoms with Crippen molar-refractivity contribution in [3.8, 4) is 0 Å². The highest BCUT2D eigenvalue weighted by atomic mass is 35.5. The van der Waals surface area contributed by atoms with Crippen LogP contribution in [0.3, 0.4) is 0 Å². The summed E-state index contributed by atoms with van der Waals surface area (Å²) in [5.74, 6) is 0.881. The van der Waals surface area contributed by atoms with Crippen molar-refractivity contribution >= 4 is 24.2 Å². The van der Waals surface area contributed by atoms with Gasteiger partial charge in [0.15, 0.2) is 0 Å². The number of pyridine rings is 1. The molecule has 180 valence electrons. The lowest BCUT2D eigenvalue weighted by atomic mass is 9.50. The normalized spacial score (nSPS) is 30.6. The molecule has 0 spiro atoms. The molecule has 2 unspecified atom stereocenters. The second-order valence-corrected chi connectivity index (χ2v) is 10.7. The van der Waals surface area contributed by atoms with Crippen LogP contribution in [0.4, 0.5) is 4.39 Å². The zero-order chi connectivity index (χ0) is 22.6. The SMILES string of the molecule is Cl.O=C(NC12C[C@@H]3C[C@@H](CC(NCC(=O)N4Cc5ccc(F)cc5C4)(C3)C1)C2)c1cccnc1. The number of hydrogen-bond donors (Lipinski definition) is 2. The Bertz CT molecular complexity index is 1100. The number of carbonyl (C=O) groups excluding carboxylic acids is 2. The Hall–Kier alpha value is -2.51. The van der Waals surface area contributed by atoms with Gasteiger partial charge in [-0.15, -0.1) is 12.4 Å². The van der Waals surface area contributed by atoms with Gasteiger partial charge in [0, 0.05) is 36.6 Å². The van der Waals surface area contributed by atoms with Gasteiger partial charge < -0.3 is 15.5 Å². The Kier molecular flexibility index (Phi) is 5.89. The Morgan fingerprint density at radius 1 is 1.06 bits per heavy atom. The van der Waals surface area contributed by atoms with Gasteiger partial charge in [-0.2, -0.15) is 0 Å². The minimum Gasteiger partial charge on any atom is -0.346 e. The Morgan fingerprint density at radius 3 is 2.53 bits per heavy atom. The highest BCUT2D eigenvalue weighted by Gasteiger charge is 2.58. The van der Waals surface area contributed by atoms with Crippen molar-refractivity contribution in [1.82, 2.24) is 20.5 Å². The number of benzene rings is 1. The smallest absolute Gasteiger partial charge is 0.253 e. The van der Waals surface area contributed by atoms with Crippen LogP contribution in [0.1, 0.15) is 60.0 Å². The van der Waals surface area contributed by atoms with Gasteiger partial charge in [0.1, 0.15) is 5.82 Å². The van der Waals surface area contributed by atoms with E-state index in [2.05, 4.69) is 15.6 Å². The maximum absolute atomic E-state index is 13.5. The lowest BCUT2D eigenvalue weighted by Gasteiger charge is -2.62. The predicted molar refractivity (Wildman–Crippen MR) is 128 cm³/mol. The average molecular weight is 485 g/mol. The van der Waals surface area contributed by atoms with Crippen LogP contribution in [0.2, 0.25) is 0 Å². The molecule has 1 aromatic carbocycles. The van der Waals surface area contributed by atoms with Gasteiger partial charge in [-0.25, -0.2) is 4.39 Å².